The topological polar surface area (TPSA) is 56.9 Å². The molecule has 1 fully saturated rings. The van der Waals surface area contributed by atoms with E-state index >= 15 is 0 Å². The highest BCUT2D eigenvalue weighted by Crippen LogP contribution is 2.28. The van der Waals surface area contributed by atoms with E-state index in [0.29, 0.717) is 6.04 Å². The van der Waals surface area contributed by atoms with Crippen molar-refractivity contribution in [1.82, 2.24) is 24.9 Å². The lowest BCUT2D eigenvalue weighted by molar-refractivity contribution is 0.0919. The van der Waals surface area contributed by atoms with Gasteiger partial charge in [0.1, 0.15) is 6.10 Å². The molecule has 2 atom stereocenters. The fraction of sp³-hybridized carbons (Fsp3) is 0.571. The van der Waals surface area contributed by atoms with Gasteiger partial charge in [-0.05, 0) is 19.4 Å². The van der Waals surface area contributed by atoms with Crippen LogP contribution in [0.1, 0.15) is 30.7 Å². The largest absolute Gasteiger partial charge is 0.370 e. The van der Waals surface area contributed by atoms with Crippen molar-refractivity contribution < 1.29 is 4.74 Å². The molecule has 0 amide bonds. The van der Waals surface area contributed by atoms with E-state index in [9.17, 15) is 0 Å². The average molecular weight is 275 g/mol. The van der Waals surface area contributed by atoms with E-state index in [1.807, 2.05) is 34.9 Å². The van der Waals surface area contributed by atoms with Gasteiger partial charge in [-0.15, -0.1) is 0 Å². The second-order valence-corrected chi connectivity index (χ2v) is 5.15. The lowest BCUT2D eigenvalue weighted by Crippen LogP contribution is -2.32. The molecule has 1 N–H and O–H groups in total. The monoisotopic (exact) mass is 275 g/mol. The number of aryl methyl sites for hydroxylation is 2. The SMILES string of the molecule is CCn1cc(CN[C@H]2CCO[C@@H]2c2ccnn2C)cn1. The number of rotatable bonds is 5. The number of hydrogen-bond donors (Lipinski definition) is 1. The van der Waals surface area contributed by atoms with Crippen LogP contribution in [0.3, 0.4) is 0 Å². The second-order valence-electron chi connectivity index (χ2n) is 5.15. The molecule has 0 radical (unpaired) electrons. The van der Waals surface area contributed by atoms with Gasteiger partial charge in [0.2, 0.25) is 0 Å². The Kier molecular flexibility index (Phi) is 3.84. The van der Waals surface area contributed by atoms with Crippen LogP contribution < -0.4 is 5.32 Å². The van der Waals surface area contributed by atoms with Crippen LogP contribution >= 0.6 is 0 Å². The van der Waals surface area contributed by atoms with Gasteiger partial charge in [-0.2, -0.15) is 10.2 Å². The maximum absolute atomic E-state index is 5.86. The molecule has 6 heteroatoms. The van der Waals surface area contributed by atoms with E-state index in [1.165, 1.54) is 5.56 Å². The Morgan fingerprint density at radius 3 is 3.05 bits per heavy atom. The van der Waals surface area contributed by atoms with Crippen molar-refractivity contribution in [1.29, 1.82) is 0 Å². The molecular formula is C14H21N5O. The van der Waals surface area contributed by atoms with Crippen LogP contribution in [-0.2, 0) is 24.9 Å². The van der Waals surface area contributed by atoms with Gasteiger partial charge in [0.25, 0.3) is 0 Å². The fourth-order valence-electron chi connectivity index (χ4n) is 2.67. The molecule has 0 unspecified atom stereocenters. The second kappa shape index (κ2) is 5.76. The van der Waals surface area contributed by atoms with Gasteiger partial charge >= 0.3 is 0 Å². The van der Waals surface area contributed by atoms with E-state index in [2.05, 4.69) is 28.6 Å². The van der Waals surface area contributed by atoms with Gasteiger partial charge in [0.05, 0.1) is 11.9 Å². The van der Waals surface area contributed by atoms with E-state index < -0.39 is 0 Å². The van der Waals surface area contributed by atoms with E-state index in [4.69, 9.17) is 4.74 Å². The van der Waals surface area contributed by atoms with Crippen LogP contribution in [0.2, 0.25) is 0 Å². The number of hydrogen-bond acceptors (Lipinski definition) is 4. The minimum Gasteiger partial charge on any atom is -0.370 e. The first-order valence-electron chi connectivity index (χ1n) is 7.12. The summed E-state index contributed by atoms with van der Waals surface area (Å²) < 4.78 is 9.70. The zero-order valence-electron chi connectivity index (χ0n) is 12.0. The fourth-order valence-corrected chi connectivity index (χ4v) is 2.67. The lowest BCUT2D eigenvalue weighted by atomic mass is 10.1. The molecule has 0 aromatic carbocycles. The molecule has 0 aliphatic carbocycles. The molecule has 2 aromatic heterocycles. The molecule has 1 saturated heterocycles. The minimum absolute atomic E-state index is 0.0868. The zero-order chi connectivity index (χ0) is 13.9. The molecule has 20 heavy (non-hydrogen) atoms. The van der Waals surface area contributed by atoms with Crippen LogP contribution in [0.5, 0.6) is 0 Å². The van der Waals surface area contributed by atoms with Crippen molar-refractivity contribution in [3.63, 3.8) is 0 Å². The standard InChI is InChI=1S/C14H21N5O/c1-3-19-10-11(9-17-19)8-15-12-5-7-20-14(12)13-4-6-16-18(13)2/h4,6,9-10,12,14-15H,3,5,7-8H2,1-2H3/t12-,14-/m0/s1. The highest BCUT2D eigenvalue weighted by atomic mass is 16.5. The summed E-state index contributed by atoms with van der Waals surface area (Å²) >= 11 is 0. The third kappa shape index (κ3) is 2.62. The van der Waals surface area contributed by atoms with Gasteiger partial charge in [0.15, 0.2) is 0 Å². The Balaban J connectivity index is 1.63. The van der Waals surface area contributed by atoms with Gasteiger partial charge < -0.3 is 10.1 Å². The Bertz CT molecular complexity index is 561. The maximum Gasteiger partial charge on any atom is 0.114 e. The third-order valence-electron chi connectivity index (χ3n) is 3.82. The molecule has 1 aliphatic rings. The van der Waals surface area contributed by atoms with Crippen LogP contribution in [0.15, 0.2) is 24.7 Å². The Hall–Kier alpha value is -1.66. The quantitative estimate of drug-likeness (QED) is 0.892. The number of aromatic nitrogens is 4. The number of nitrogens with zero attached hydrogens (tertiary/aromatic N) is 4. The number of nitrogens with one attached hydrogen (secondary N) is 1. The predicted molar refractivity (Wildman–Crippen MR) is 75.0 cm³/mol. The molecule has 1 aliphatic heterocycles. The molecule has 3 heterocycles. The van der Waals surface area contributed by atoms with Crippen LogP contribution in [0.4, 0.5) is 0 Å². The molecule has 2 aromatic rings. The summed E-state index contributed by atoms with van der Waals surface area (Å²) in [5, 5.41) is 12.1. The summed E-state index contributed by atoms with van der Waals surface area (Å²) in [7, 11) is 1.96. The van der Waals surface area contributed by atoms with Crippen molar-refractivity contribution in [2.24, 2.45) is 7.05 Å². The maximum atomic E-state index is 5.86. The summed E-state index contributed by atoms with van der Waals surface area (Å²) in [6.07, 6.45) is 6.94. The van der Waals surface area contributed by atoms with Gasteiger partial charge in [-0.3, -0.25) is 9.36 Å². The smallest absolute Gasteiger partial charge is 0.114 e. The van der Waals surface area contributed by atoms with E-state index in [-0.39, 0.29) is 6.10 Å². The van der Waals surface area contributed by atoms with Crippen molar-refractivity contribution in [2.45, 2.75) is 38.6 Å². The van der Waals surface area contributed by atoms with E-state index in [0.717, 1.165) is 31.8 Å². The van der Waals surface area contributed by atoms with Crippen LogP contribution in [0, 0.1) is 0 Å². The van der Waals surface area contributed by atoms with Crippen molar-refractivity contribution in [3.8, 4) is 0 Å². The van der Waals surface area contributed by atoms with Gasteiger partial charge in [-0.1, -0.05) is 0 Å². The first-order chi connectivity index (χ1) is 9.78. The minimum atomic E-state index is 0.0868. The summed E-state index contributed by atoms with van der Waals surface area (Å²) in [6.45, 7) is 4.61. The van der Waals surface area contributed by atoms with Crippen molar-refractivity contribution in [3.05, 3.63) is 35.9 Å². The molecule has 3 rings (SSSR count). The lowest BCUT2D eigenvalue weighted by Gasteiger charge is -2.19. The molecule has 0 spiro atoms. The summed E-state index contributed by atoms with van der Waals surface area (Å²) in [6, 6.07) is 2.36. The molecule has 6 nitrogen and oxygen atoms in total. The summed E-state index contributed by atoms with van der Waals surface area (Å²) in [4.78, 5) is 0. The predicted octanol–water partition coefficient (Wildman–Crippen LogP) is 1.26. The van der Waals surface area contributed by atoms with Gasteiger partial charge in [-0.25, -0.2) is 0 Å². The van der Waals surface area contributed by atoms with Gasteiger partial charge in [0, 0.05) is 50.7 Å². The Morgan fingerprint density at radius 1 is 1.45 bits per heavy atom. The molecule has 108 valence electrons. The third-order valence-corrected chi connectivity index (χ3v) is 3.82. The first-order valence-corrected chi connectivity index (χ1v) is 7.12. The average Bonchev–Trinajstić information content (AvgIpc) is 3.15. The Morgan fingerprint density at radius 2 is 2.35 bits per heavy atom. The number of ether oxygens (including phenoxy) is 1. The summed E-state index contributed by atoms with van der Waals surface area (Å²) in [5.41, 5.74) is 2.34. The van der Waals surface area contributed by atoms with Crippen molar-refractivity contribution >= 4 is 0 Å². The van der Waals surface area contributed by atoms with Crippen LogP contribution in [-0.4, -0.2) is 32.2 Å². The first kappa shape index (κ1) is 13.3. The molecule has 0 bridgehead atoms. The normalized spacial score (nSPS) is 22.5. The molecular weight excluding hydrogens is 254 g/mol. The zero-order valence-corrected chi connectivity index (χ0v) is 12.0. The molecule has 0 saturated carbocycles. The Labute approximate surface area is 118 Å². The highest BCUT2D eigenvalue weighted by molar-refractivity contribution is 5.10. The highest BCUT2D eigenvalue weighted by Gasteiger charge is 2.31. The van der Waals surface area contributed by atoms with E-state index in [1.54, 1.807) is 0 Å². The van der Waals surface area contributed by atoms with Crippen molar-refractivity contribution in [2.75, 3.05) is 6.61 Å². The summed E-state index contributed by atoms with van der Waals surface area (Å²) in [5.74, 6) is 0. The van der Waals surface area contributed by atoms with Crippen LogP contribution in [0.25, 0.3) is 0 Å².